The Balaban J connectivity index is 2.34. The molecule has 1 N–H and O–H groups in total. The van der Waals surface area contributed by atoms with Gasteiger partial charge in [0.25, 0.3) is 0 Å². The highest BCUT2D eigenvalue weighted by Gasteiger charge is 2.45. The van der Waals surface area contributed by atoms with Crippen LogP contribution in [-0.2, 0) is 11.0 Å². The number of aryl methyl sites for hydroxylation is 2. The highest BCUT2D eigenvalue weighted by Crippen LogP contribution is 2.43. The van der Waals surface area contributed by atoms with E-state index in [0.29, 0.717) is 29.1 Å². The Labute approximate surface area is 175 Å². The van der Waals surface area contributed by atoms with Crippen LogP contribution in [-0.4, -0.2) is 13.4 Å². The van der Waals surface area contributed by atoms with Crippen LogP contribution < -0.4 is 0 Å². The highest BCUT2D eigenvalue weighted by molar-refractivity contribution is 6.77. The van der Waals surface area contributed by atoms with Gasteiger partial charge in [-0.2, -0.15) is 0 Å². The van der Waals surface area contributed by atoms with Crippen molar-refractivity contribution in [3.05, 3.63) is 34.4 Å². The molecule has 2 nitrogen and oxygen atoms in total. The van der Waals surface area contributed by atoms with E-state index in [2.05, 4.69) is 67.5 Å². The minimum Gasteiger partial charge on any atom is -0.412 e. The van der Waals surface area contributed by atoms with Gasteiger partial charge in [-0.25, -0.2) is 0 Å². The van der Waals surface area contributed by atoms with Gasteiger partial charge in [-0.1, -0.05) is 72.9 Å². The average molecular weight is 405 g/mol. The second kappa shape index (κ2) is 9.91. The summed E-state index contributed by atoms with van der Waals surface area (Å²) in [5, 5.41) is 11.3. The quantitative estimate of drug-likeness (QED) is 0.452. The molecule has 1 aliphatic rings. The topological polar surface area (TPSA) is 29.5 Å². The Morgan fingerprint density at radius 3 is 1.89 bits per heavy atom. The molecule has 2 rings (SSSR count). The summed E-state index contributed by atoms with van der Waals surface area (Å²) in [7, 11) is -1.92. The number of aliphatic hydroxyl groups excluding tert-OH is 1. The van der Waals surface area contributed by atoms with E-state index in [4.69, 9.17) is 4.43 Å². The number of rotatable bonds is 8. The second-order valence-electron chi connectivity index (χ2n) is 10.1. The van der Waals surface area contributed by atoms with Gasteiger partial charge in [0.1, 0.15) is 0 Å². The molecule has 0 aromatic heterocycles. The molecule has 0 spiro atoms. The third-order valence-electron chi connectivity index (χ3n) is 7.36. The van der Waals surface area contributed by atoms with Crippen LogP contribution in [0.3, 0.4) is 0 Å². The Morgan fingerprint density at radius 1 is 0.893 bits per heavy atom. The molecule has 1 aromatic carbocycles. The zero-order valence-electron chi connectivity index (χ0n) is 19.6. The fourth-order valence-electron chi connectivity index (χ4n) is 5.71. The number of hydrogen-bond donors (Lipinski definition) is 1. The Morgan fingerprint density at radius 2 is 1.39 bits per heavy atom. The van der Waals surface area contributed by atoms with E-state index in [-0.39, 0.29) is 6.10 Å². The summed E-state index contributed by atoms with van der Waals surface area (Å²) in [4.78, 5) is 0. The largest absolute Gasteiger partial charge is 0.412 e. The van der Waals surface area contributed by atoms with Crippen molar-refractivity contribution in [2.75, 3.05) is 0 Å². The second-order valence-corrected chi connectivity index (χ2v) is 15.5. The summed E-state index contributed by atoms with van der Waals surface area (Å²) in [5.41, 5.74) is 6.62. The van der Waals surface area contributed by atoms with E-state index in [1.54, 1.807) is 0 Å². The van der Waals surface area contributed by atoms with Gasteiger partial charge in [0, 0.05) is 0 Å². The fraction of sp³-hybridized carbons (Fsp3) is 0.760. The smallest absolute Gasteiger partial charge is 0.200 e. The molecule has 0 bridgehead atoms. The van der Waals surface area contributed by atoms with Gasteiger partial charge in [-0.05, 0) is 71.5 Å². The van der Waals surface area contributed by atoms with Gasteiger partial charge in [0.2, 0.25) is 8.32 Å². The van der Waals surface area contributed by atoms with Crippen LogP contribution >= 0.6 is 0 Å². The lowest BCUT2D eigenvalue weighted by atomic mass is 9.81. The molecule has 1 unspecified atom stereocenters. The summed E-state index contributed by atoms with van der Waals surface area (Å²) in [6.07, 6.45) is 5.77. The summed E-state index contributed by atoms with van der Waals surface area (Å²) >= 11 is 0. The lowest BCUT2D eigenvalue weighted by Crippen LogP contribution is -2.47. The molecular weight excluding hydrogens is 360 g/mol. The standard InChI is InChI=1S/C25H44O2Si/c1-17(2)28(18(3)4,19(5)6)27-16-23-14-20(7)21(8)15-24(23)25(26)22-12-10-9-11-13-22/h14-15,17-19,22,25-26H,9-13,16H2,1-8H3. The highest BCUT2D eigenvalue weighted by atomic mass is 28.4. The van der Waals surface area contributed by atoms with E-state index < -0.39 is 8.32 Å². The van der Waals surface area contributed by atoms with E-state index in [1.807, 2.05) is 0 Å². The van der Waals surface area contributed by atoms with E-state index >= 15 is 0 Å². The molecule has 0 radical (unpaired) electrons. The van der Waals surface area contributed by atoms with Crippen LogP contribution in [0, 0.1) is 19.8 Å². The minimum absolute atomic E-state index is 0.355. The lowest BCUT2D eigenvalue weighted by Gasteiger charge is -2.42. The molecule has 1 fully saturated rings. The molecule has 1 aromatic rings. The van der Waals surface area contributed by atoms with Crippen molar-refractivity contribution in [1.29, 1.82) is 0 Å². The average Bonchev–Trinajstić information content (AvgIpc) is 2.64. The van der Waals surface area contributed by atoms with Gasteiger partial charge in [-0.3, -0.25) is 0 Å². The van der Waals surface area contributed by atoms with E-state index in [0.717, 1.165) is 18.4 Å². The molecule has 3 heteroatoms. The van der Waals surface area contributed by atoms with Crippen molar-refractivity contribution >= 4 is 8.32 Å². The maximum absolute atomic E-state index is 11.3. The van der Waals surface area contributed by atoms with Gasteiger partial charge < -0.3 is 9.53 Å². The number of aliphatic hydroxyl groups is 1. The molecular formula is C25H44O2Si. The van der Waals surface area contributed by atoms with E-state index in [1.165, 1.54) is 36.0 Å². The Bertz CT molecular complexity index is 608. The first-order valence-electron chi connectivity index (χ1n) is 11.5. The van der Waals surface area contributed by atoms with Crippen molar-refractivity contribution in [3.63, 3.8) is 0 Å². The van der Waals surface area contributed by atoms with Crippen molar-refractivity contribution in [2.24, 2.45) is 5.92 Å². The van der Waals surface area contributed by atoms with Crippen molar-refractivity contribution in [3.8, 4) is 0 Å². The third kappa shape index (κ3) is 4.91. The van der Waals surface area contributed by atoms with Crippen LogP contribution in [0.15, 0.2) is 12.1 Å². The van der Waals surface area contributed by atoms with Crippen LogP contribution in [0.4, 0.5) is 0 Å². The summed E-state index contributed by atoms with van der Waals surface area (Å²) in [6.45, 7) is 19.0. The zero-order chi connectivity index (χ0) is 21.1. The molecule has 0 aliphatic heterocycles. The molecule has 160 valence electrons. The van der Waals surface area contributed by atoms with Crippen molar-refractivity contribution < 1.29 is 9.53 Å². The van der Waals surface area contributed by atoms with Crippen LogP contribution in [0.1, 0.15) is 102 Å². The third-order valence-corrected chi connectivity index (χ3v) is 13.4. The first-order valence-corrected chi connectivity index (χ1v) is 13.7. The monoisotopic (exact) mass is 404 g/mol. The number of benzene rings is 1. The maximum atomic E-state index is 11.3. The van der Waals surface area contributed by atoms with Crippen LogP contribution in [0.5, 0.6) is 0 Å². The van der Waals surface area contributed by atoms with E-state index in [9.17, 15) is 5.11 Å². The van der Waals surface area contributed by atoms with Gasteiger partial charge in [0.05, 0.1) is 12.7 Å². The van der Waals surface area contributed by atoms with Gasteiger partial charge in [0.15, 0.2) is 0 Å². The summed E-state index contributed by atoms with van der Waals surface area (Å²) in [5.74, 6) is 0.400. The maximum Gasteiger partial charge on any atom is 0.200 e. The first-order chi connectivity index (χ1) is 13.1. The molecule has 1 aliphatic carbocycles. The van der Waals surface area contributed by atoms with Crippen molar-refractivity contribution in [2.45, 2.75) is 117 Å². The van der Waals surface area contributed by atoms with Crippen LogP contribution in [0.2, 0.25) is 16.6 Å². The SMILES string of the molecule is Cc1cc(CO[Si](C(C)C)(C(C)C)C(C)C)c(C(O)C2CCCCC2)cc1C. The number of hydrogen-bond acceptors (Lipinski definition) is 2. The summed E-state index contributed by atoms with van der Waals surface area (Å²) < 4.78 is 6.90. The van der Waals surface area contributed by atoms with Crippen LogP contribution in [0.25, 0.3) is 0 Å². The molecule has 1 saturated carbocycles. The van der Waals surface area contributed by atoms with Crippen molar-refractivity contribution in [1.82, 2.24) is 0 Å². The zero-order valence-corrected chi connectivity index (χ0v) is 20.6. The first kappa shape index (κ1) is 23.6. The normalized spacial score (nSPS) is 17.7. The Kier molecular flexibility index (Phi) is 8.36. The summed E-state index contributed by atoms with van der Waals surface area (Å²) in [6, 6.07) is 4.51. The lowest BCUT2D eigenvalue weighted by molar-refractivity contribution is 0.0827. The minimum atomic E-state index is -1.92. The Hall–Kier alpha value is -0.643. The predicted octanol–water partition coefficient (Wildman–Crippen LogP) is 7.61. The molecule has 0 amide bonds. The fourth-order valence-corrected chi connectivity index (χ4v) is 11.1. The molecule has 0 saturated heterocycles. The molecule has 1 atom stereocenters. The predicted molar refractivity (Wildman–Crippen MR) is 123 cm³/mol. The van der Waals surface area contributed by atoms with Gasteiger partial charge in [-0.15, -0.1) is 0 Å². The van der Waals surface area contributed by atoms with Gasteiger partial charge >= 0.3 is 0 Å². The molecule has 28 heavy (non-hydrogen) atoms. The molecule has 0 heterocycles.